The summed E-state index contributed by atoms with van der Waals surface area (Å²) in [6, 6.07) is 7.43. The van der Waals surface area contributed by atoms with Crippen LogP contribution in [0.5, 0.6) is 5.75 Å². The lowest BCUT2D eigenvalue weighted by Crippen LogP contribution is -2.42. The van der Waals surface area contributed by atoms with E-state index in [2.05, 4.69) is 5.32 Å². The number of rotatable bonds is 5. The van der Waals surface area contributed by atoms with Crippen molar-refractivity contribution in [1.82, 2.24) is 4.90 Å². The van der Waals surface area contributed by atoms with Gasteiger partial charge in [-0.15, -0.1) is 0 Å². The van der Waals surface area contributed by atoms with E-state index in [9.17, 15) is 9.59 Å². The summed E-state index contributed by atoms with van der Waals surface area (Å²) >= 11 is 0. The Balaban J connectivity index is 1.48. The Kier molecular flexibility index (Phi) is 4.84. The maximum absolute atomic E-state index is 12.4. The van der Waals surface area contributed by atoms with Gasteiger partial charge in [-0.05, 0) is 56.9 Å². The number of amides is 2. The molecule has 1 aromatic carbocycles. The summed E-state index contributed by atoms with van der Waals surface area (Å²) in [6.45, 7) is 3.98. The molecule has 1 heterocycles. The summed E-state index contributed by atoms with van der Waals surface area (Å²) in [4.78, 5) is 26.3. The Morgan fingerprint density at radius 2 is 1.74 bits per heavy atom. The van der Waals surface area contributed by atoms with Crippen molar-refractivity contribution in [1.29, 1.82) is 0 Å². The lowest BCUT2D eigenvalue weighted by Gasteiger charge is -2.31. The number of hydrogen-bond donors (Lipinski definition) is 1. The van der Waals surface area contributed by atoms with Gasteiger partial charge in [0.2, 0.25) is 11.8 Å². The SMILES string of the molecule is CCOc1ccc(NC(=O)C2CCN(C(=O)C3CC3)CC2)cc1. The molecule has 0 atom stereocenters. The summed E-state index contributed by atoms with van der Waals surface area (Å²) in [5.41, 5.74) is 0.787. The summed E-state index contributed by atoms with van der Waals surface area (Å²) in [6.07, 6.45) is 3.58. The average molecular weight is 316 g/mol. The van der Waals surface area contributed by atoms with Crippen LogP contribution < -0.4 is 10.1 Å². The number of hydrogen-bond acceptors (Lipinski definition) is 3. The molecule has 1 aliphatic heterocycles. The highest BCUT2D eigenvalue weighted by Crippen LogP contribution is 2.32. The molecular weight excluding hydrogens is 292 g/mol. The highest BCUT2D eigenvalue weighted by Gasteiger charge is 2.35. The lowest BCUT2D eigenvalue weighted by molar-refractivity contribution is -0.135. The molecule has 1 N–H and O–H groups in total. The second-order valence-electron chi connectivity index (χ2n) is 6.32. The van der Waals surface area contributed by atoms with Crippen molar-refractivity contribution in [3.05, 3.63) is 24.3 Å². The first-order valence-corrected chi connectivity index (χ1v) is 8.50. The van der Waals surface area contributed by atoms with Crippen molar-refractivity contribution >= 4 is 17.5 Å². The van der Waals surface area contributed by atoms with Crippen LogP contribution in [0.3, 0.4) is 0 Å². The van der Waals surface area contributed by atoms with Crippen molar-refractivity contribution in [3.8, 4) is 5.75 Å². The molecule has 1 aliphatic carbocycles. The van der Waals surface area contributed by atoms with E-state index in [4.69, 9.17) is 4.74 Å². The molecule has 0 unspecified atom stereocenters. The van der Waals surface area contributed by atoms with Gasteiger partial charge in [-0.2, -0.15) is 0 Å². The van der Waals surface area contributed by atoms with E-state index in [1.807, 2.05) is 36.1 Å². The maximum atomic E-state index is 12.4. The molecule has 2 aliphatic rings. The van der Waals surface area contributed by atoms with Gasteiger partial charge in [-0.25, -0.2) is 0 Å². The highest BCUT2D eigenvalue weighted by molar-refractivity contribution is 5.92. The average Bonchev–Trinajstić information content (AvgIpc) is 3.41. The quantitative estimate of drug-likeness (QED) is 0.908. The molecule has 5 nitrogen and oxygen atoms in total. The second-order valence-corrected chi connectivity index (χ2v) is 6.32. The zero-order chi connectivity index (χ0) is 16.2. The van der Waals surface area contributed by atoms with E-state index in [0.29, 0.717) is 19.7 Å². The summed E-state index contributed by atoms with van der Waals surface area (Å²) in [5.74, 6) is 1.40. The van der Waals surface area contributed by atoms with Gasteiger partial charge in [0.15, 0.2) is 0 Å². The first-order valence-electron chi connectivity index (χ1n) is 8.50. The fraction of sp³-hybridized carbons (Fsp3) is 0.556. The molecule has 0 aromatic heterocycles. The van der Waals surface area contributed by atoms with Crippen LogP contribution in [0.4, 0.5) is 5.69 Å². The van der Waals surface area contributed by atoms with Gasteiger partial charge in [0.05, 0.1) is 6.61 Å². The fourth-order valence-electron chi connectivity index (χ4n) is 3.00. The van der Waals surface area contributed by atoms with Crippen molar-refractivity contribution in [2.75, 3.05) is 25.0 Å². The van der Waals surface area contributed by atoms with E-state index in [-0.39, 0.29) is 23.7 Å². The van der Waals surface area contributed by atoms with Crippen molar-refractivity contribution < 1.29 is 14.3 Å². The fourth-order valence-corrected chi connectivity index (χ4v) is 3.00. The predicted octanol–water partition coefficient (Wildman–Crippen LogP) is 2.67. The van der Waals surface area contributed by atoms with E-state index in [0.717, 1.165) is 37.1 Å². The van der Waals surface area contributed by atoms with Crippen LogP contribution in [0.15, 0.2) is 24.3 Å². The molecular formula is C18H24N2O3. The molecule has 1 saturated carbocycles. The van der Waals surface area contributed by atoms with Crippen LogP contribution in [0.1, 0.15) is 32.6 Å². The topological polar surface area (TPSA) is 58.6 Å². The molecule has 0 spiro atoms. The maximum Gasteiger partial charge on any atom is 0.227 e. The number of likely N-dealkylation sites (tertiary alicyclic amines) is 1. The van der Waals surface area contributed by atoms with Gasteiger partial charge in [-0.1, -0.05) is 0 Å². The van der Waals surface area contributed by atoms with Crippen LogP contribution in [0.2, 0.25) is 0 Å². The minimum Gasteiger partial charge on any atom is -0.494 e. The Morgan fingerprint density at radius 1 is 1.09 bits per heavy atom. The normalized spacial score (nSPS) is 18.6. The second kappa shape index (κ2) is 7.02. The third kappa shape index (κ3) is 4.03. The molecule has 124 valence electrons. The number of anilines is 1. The largest absolute Gasteiger partial charge is 0.494 e. The van der Waals surface area contributed by atoms with E-state index < -0.39 is 0 Å². The molecule has 0 bridgehead atoms. The predicted molar refractivity (Wildman–Crippen MR) is 88.3 cm³/mol. The van der Waals surface area contributed by atoms with Crippen LogP contribution in [0, 0.1) is 11.8 Å². The van der Waals surface area contributed by atoms with Crippen LogP contribution in [-0.4, -0.2) is 36.4 Å². The number of carbonyl (C=O) groups is 2. The highest BCUT2D eigenvalue weighted by atomic mass is 16.5. The first-order chi connectivity index (χ1) is 11.2. The van der Waals surface area contributed by atoms with Gasteiger partial charge in [0.1, 0.15) is 5.75 Å². The van der Waals surface area contributed by atoms with Gasteiger partial charge in [0.25, 0.3) is 0 Å². The Morgan fingerprint density at radius 3 is 2.30 bits per heavy atom. The van der Waals surface area contributed by atoms with Gasteiger partial charge in [0, 0.05) is 30.6 Å². The first kappa shape index (κ1) is 15.8. The van der Waals surface area contributed by atoms with Gasteiger partial charge in [-0.3, -0.25) is 9.59 Å². The minimum atomic E-state index is -0.00942. The molecule has 1 saturated heterocycles. The van der Waals surface area contributed by atoms with Crippen molar-refractivity contribution in [2.45, 2.75) is 32.6 Å². The molecule has 2 fully saturated rings. The van der Waals surface area contributed by atoms with Gasteiger partial charge >= 0.3 is 0 Å². The molecule has 1 aromatic rings. The molecule has 2 amide bonds. The lowest BCUT2D eigenvalue weighted by atomic mass is 9.95. The smallest absolute Gasteiger partial charge is 0.227 e. The third-order valence-electron chi connectivity index (χ3n) is 4.54. The number of benzene rings is 1. The Bertz CT molecular complexity index is 558. The number of ether oxygens (including phenoxy) is 1. The minimum absolute atomic E-state index is 0.00942. The summed E-state index contributed by atoms with van der Waals surface area (Å²) in [5, 5.41) is 2.96. The number of piperidine rings is 1. The molecule has 3 rings (SSSR count). The molecule has 0 radical (unpaired) electrons. The van der Waals surface area contributed by atoms with Crippen molar-refractivity contribution in [3.63, 3.8) is 0 Å². The molecule has 23 heavy (non-hydrogen) atoms. The number of nitrogens with zero attached hydrogens (tertiary/aromatic N) is 1. The summed E-state index contributed by atoms with van der Waals surface area (Å²) < 4.78 is 5.39. The van der Waals surface area contributed by atoms with E-state index >= 15 is 0 Å². The van der Waals surface area contributed by atoms with Crippen LogP contribution >= 0.6 is 0 Å². The third-order valence-corrected chi connectivity index (χ3v) is 4.54. The Labute approximate surface area is 137 Å². The van der Waals surface area contributed by atoms with Crippen LogP contribution in [-0.2, 0) is 9.59 Å². The van der Waals surface area contributed by atoms with E-state index in [1.165, 1.54) is 0 Å². The van der Waals surface area contributed by atoms with E-state index in [1.54, 1.807) is 0 Å². The van der Waals surface area contributed by atoms with Crippen molar-refractivity contribution in [2.24, 2.45) is 11.8 Å². The monoisotopic (exact) mass is 316 g/mol. The number of nitrogens with one attached hydrogen (secondary N) is 1. The number of carbonyl (C=O) groups excluding carboxylic acids is 2. The zero-order valence-corrected chi connectivity index (χ0v) is 13.6. The standard InChI is InChI=1S/C18H24N2O3/c1-2-23-16-7-5-15(6-8-16)19-17(21)13-9-11-20(12-10-13)18(22)14-3-4-14/h5-8,13-14H,2-4,9-12H2,1H3,(H,19,21). The Hall–Kier alpha value is -2.04. The molecule has 5 heteroatoms. The van der Waals surface area contributed by atoms with Gasteiger partial charge < -0.3 is 15.0 Å². The van der Waals surface area contributed by atoms with Crippen LogP contribution in [0.25, 0.3) is 0 Å². The summed E-state index contributed by atoms with van der Waals surface area (Å²) in [7, 11) is 0. The zero-order valence-electron chi connectivity index (χ0n) is 13.6.